The molecule has 1 N–H and O–H groups in total. The zero-order valence-corrected chi connectivity index (χ0v) is 9.97. The Morgan fingerprint density at radius 2 is 2.43 bits per heavy atom. The van der Waals surface area contributed by atoms with E-state index in [4.69, 9.17) is 0 Å². The molecule has 0 saturated heterocycles. The molecule has 1 aromatic rings. The van der Waals surface area contributed by atoms with Gasteiger partial charge in [0, 0.05) is 18.8 Å². The van der Waals surface area contributed by atoms with E-state index >= 15 is 0 Å². The van der Waals surface area contributed by atoms with E-state index in [0.717, 1.165) is 13.0 Å². The SMILES string of the molecule is CCn1nccc1C(CCSC)NC. The van der Waals surface area contributed by atoms with Gasteiger partial charge in [-0.05, 0) is 38.5 Å². The van der Waals surface area contributed by atoms with E-state index in [9.17, 15) is 0 Å². The summed E-state index contributed by atoms with van der Waals surface area (Å²) in [7, 11) is 2.01. The van der Waals surface area contributed by atoms with Crippen molar-refractivity contribution in [2.75, 3.05) is 19.1 Å². The van der Waals surface area contributed by atoms with Crippen LogP contribution in [0.1, 0.15) is 25.1 Å². The molecule has 0 bridgehead atoms. The van der Waals surface area contributed by atoms with Crippen LogP contribution >= 0.6 is 11.8 Å². The van der Waals surface area contributed by atoms with E-state index in [1.165, 1.54) is 11.4 Å². The first kappa shape index (κ1) is 11.6. The summed E-state index contributed by atoms with van der Waals surface area (Å²) in [5.74, 6) is 1.18. The Bertz CT molecular complexity index is 260. The molecule has 1 rings (SSSR count). The summed E-state index contributed by atoms with van der Waals surface area (Å²) < 4.78 is 2.06. The Kier molecular flexibility index (Phi) is 5.04. The summed E-state index contributed by atoms with van der Waals surface area (Å²) in [5.41, 5.74) is 1.30. The topological polar surface area (TPSA) is 29.9 Å². The maximum absolute atomic E-state index is 4.28. The summed E-state index contributed by atoms with van der Waals surface area (Å²) in [6, 6.07) is 2.54. The molecular weight excluding hydrogens is 194 g/mol. The third-order valence-corrected chi connectivity index (χ3v) is 3.01. The van der Waals surface area contributed by atoms with Gasteiger partial charge in [-0.3, -0.25) is 4.68 Å². The predicted octanol–water partition coefficient (Wildman–Crippen LogP) is 1.92. The average molecular weight is 213 g/mol. The van der Waals surface area contributed by atoms with Gasteiger partial charge in [0.05, 0.1) is 5.69 Å². The van der Waals surface area contributed by atoms with Crippen LogP contribution in [0.5, 0.6) is 0 Å². The van der Waals surface area contributed by atoms with Crippen molar-refractivity contribution in [3.8, 4) is 0 Å². The second-order valence-electron chi connectivity index (χ2n) is 3.19. The molecule has 0 aromatic carbocycles. The maximum atomic E-state index is 4.28. The van der Waals surface area contributed by atoms with Crippen LogP contribution < -0.4 is 5.32 Å². The Morgan fingerprint density at radius 3 is 3.00 bits per heavy atom. The molecule has 0 aliphatic rings. The van der Waals surface area contributed by atoms with Crippen LogP contribution in [0.2, 0.25) is 0 Å². The summed E-state index contributed by atoms with van der Waals surface area (Å²) in [6.45, 7) is 3.07. The summed E-state index contributed by atoms with van der Waals surface area (Å²) in [4.78, 5) is 0. The van der Waals surface area contributed by atoms with Gasteiger partial charge in [-0.25, -0.2) is 0 Å². The summed E-state index contributed by atoms with van der Waals surface area (Å²) in [5, 5.41) is 7.62. The highest BCUT2D eigenvalue weighted by Crippen LogP contribution is 2.17. The number of hydrogen-bond acceptors (Lipinski definition) is 3. The average Bonchev–Trinajstić information content (AvgIpc) is 2.67. The third kappa shape index (κ3) is 2.75. The van der Waals surface area contributed by atoms with Crippen LogP contribution in [0.25, 0.3) is 0 Å². The number of nitrogens with zero attached hydrogens (tertiary/aromatic N) is 2. The van der Waals surface area contributed by atoms with Crippen LogP contribution in [0, 0.1) is 0 Å². The van der Waals surface area contributed by atoms with Gasteiger partial charge in [0.25, 0.3) is 0 Å². The first-order valence-corrected chi connectivity index (χ1v) is 6.40. The Labute approximate surface area is 90.3 Å². The van der Waals surface area contributed by atoms with E-state index in [0.29, 0.717) is 6.04 Å². The Morgan fingerprint density at radius 1 is 1.64 bits per heavy atom. The molecule has 14 heavy (non-hydrogen) atoms. The molecule has 80 valence electrons. The van der Waals surface area contributed by atoms with E-state index in [1.54, 1.807) is 0 Å². The molecule has 1 aromatic heterocycles. The number of nitrogens with one attached hydrogen (secondary N) is 1. The zero-order chi connectivity index (χ0) is 10.4. The van der Waals surface area contributed by atoms with Gasteiger partial charge < -0.3 is 5.32 Å². The minimum absolute atomic E-state index is 0.435. The minimum Gasteiger partial charge on any atom is -0.312 e. The lowest BCUT2D eigenvalue weighted by atomic mass is 10.1. The fourth-order valence-corrected chi connectivity index (χ4v) is 2.05. The van der Waals surface area contributed by atoms with Crippen molar-refractivity contribution in [1.82, 2.24) is 15.1 Å². The lowest BCUT2D eigenvalue weighted by Gasteiger charge is -2.16. The van der Waals surface area contributed by atoms with Crippen molar-refractivity contribution in [1.29, 1.82) is 0 Å². The fraction of sp³-hybridized carbons (Fsp3) is 0.700. The van der Waals surface area contributed by atoms with Crippen molar-refractivity contribution >= 4 is 11.8 Å². The number of rotatable bonds is 6. The number of thioether (sulfide) groups is 1. The normalized spacial score (nSPS) is 13.1. The predicted molar refractivity (Wildman–Crippen MR) is 62.7 cm³/mol. The molecule has 1 atom stereocenters. The Hall–Kier alpha value is -0.480. The van der Waals surface area contributed by atoms with Gasteiger partial charge in [0.1, 0.15) is 0 Å². The number of aromatic nitrogens is 2. The maximum Gasteiger partial charge on any atom is 0.0553 e. The van der Waals surface area contributed by atoms with E-state index < -0.39 is 0 Å². The van der Waals surface area contributed by atoms with Crippen LogP contribution in [0.4, 0.5) is 0 Å². The number of aryl methyl sites for hydroxylation is 1. The second kappa shape index (κ2) is 6.09. The van der Waals surface area contributed by atoms with Crippen LogP contribution in [0.3, 0.4) is 0 Å². The van der Waals surface area contributed by atoms with Gasteiger partial charge in [-0.15, -0.1) is 0 Å². The molecule has 0 radical (unpaired) electrons. The van der Waals surface area contributed by atoms with Crippen molar-refractivity contribution in [2.24, 2.45) is 0 Å². The smallest absolute Gasteiger partial charge is 0.0553 e. The quantitative estimate of drug-likeness (QED) is 0.783. The molecule has 3 nitrogen and oxygen atoms in total. The molecule has 1 heterocycles. The van der Waals surface area contributed by atoms with Crippen LogP contribution in [0.15, 0.2) is 12.3 Å². The molecular formula is C10H19N3S. The van der Waals surface area contributed by atoms with Crippen molar-refractivity contribution in [3.63, 3.8) is 0 Å². The lowest BCUT2D eigenvalue weighted by molar-refractivity contribution is 0.507. The largest absolute Gasteiger partial charge is 0.312 e. The molecule has 0 amide bonds. The summed E-state index contributed by atoms with van der Waals surface area (Å²) >= 11 is 1.89. The van der Waals surface area contributed by atoms with Gasteiger partial charge >= 0.3 is 0 Å². The van der Waals surface area contributed by atoms with Gasteiger partial charge in [0.2, 0.25) is 0 Å². The van der Waals surface area contributed by atoms with Crippen molar-refractivity contribution in [2.45, 2.75) is 25.9 Å². The fourth-order valence-electron chi connectivity index (χ4n) is 1.58. The van der Waals surface area contributed by atoms with Gasteiger partial charge in [-0.1, -0.05) is 0 Å². The Balaban J connectivity index is 2.67. The highest BCUT2D eigenvalue weighted by atomic mass is 32.2. The second-order valence-corrected chi connectivity index (χ2v) is 4.18. The van der Waals surface area contributed by atoms with Crippen LogP contribution in [-0.2, 0) is 6.54 Å². The molecule has 1 unspecified atom stereocenters. The molecule has 0 aliphatic carbocycles. The molecule has 0 fully saturated rings. The van der Waals surface area contributed by atoms with Crippen LogP contribution in [-0.4, -0.2) is 28.8 Å². The molecule has 0 spiro atoms. The van der Waals surface area contributed by atoms with Crippen molar-refractivity contribution in [3.05, 3.63) is 18.0 Å². The van der Waals surface area contributed by atoms with E-state index in [1.807, 2.05) is 25.0 Å². The van der Waals surface area contributed by atoms with Gasteiger partial charge in [0.15, 0.2) is 0 Å². The monoisotopic (exact) mass is 213 g/mol. The standard InChI is InChI=1S/C10H19N3S/c1-4-13-10(5-7-12-13)9(11-2)6-8-14-3/h5,7,9,11H,4,6,8H2,1-3H3. The first-order valence-electron chi connectivity index (χ1n) is 5.01. The van der Waals surface area contributed by atoms with Gasteiger partial charge in [-0.2, -0.15) is 16.9 Å². The highest BCUT2D eigenvalue weighted by molar-refractivity contribution is 7.98. The molecule has 0 saturated carbocycles. The number of hydrogen-bond donors (Lipinski definition) is 1. The highest BCUT2D eigenvalue weighted by Gasteiger charge is 2.12. The third-order valence-electron chi connectivity index (χ3n) is 2.37. The minimum atomic E-state index is 0.435. The van der Waals surface area contributed by atoms with E-state index in [2.05, 4.69) is 34.3 Å². The molecule has 4 heteroatoms. The summed E-state index contributed by atoms with van der Waals surface area (Å²) in [6.07, 6.45) is 5.18. The first-order chi connectivity index (χ1) is 6.83. The van der Waals surface area contributed by atoms with Crippen molar-refractivity contribution < 1.29 is 0 Å². The lowest BCUT2D eigenvalue weighted by Crippen LogP contribution is -2.20. The zero-order valence-electron chi connectivity index (χ0n) is 9.16. The molecule has 0 aliphatic heterocycles. The van der Waals surface area contributed by atoms with E-state index in [-0.39, 0.29) is 0 Å².